The van der Waals surface area contributed by atoms with Crippen molar-refractivity contribution >= 4 is 21.1 Å². The molecule has 2 aliphatic rings. The lowest BCUT2D eigenvalue weighted by Gasteiger charge is -2.21. The van der Waals surface area contributed by atoms with Gasteiger partial charge >= 0.3 is 6.61 Å². The Morgan fingerprint density at radius 3 is 2.53 bits per heavy atom. The average Bonchev–Trinajstić information content (AvgIpc) is 3.39. The van der Waals surface area contributed by atoms with E-state index in [0.29, 0.717) is 22.2 Å². The molecule has 0 spiro atoms. The fraction of sp³-hybridized carbons (Fsp3) is 0.208. The van der Waals surface area contributed by atoms with Gasteiger partial charge in [0.25, 0.3) is 0 Å². The summed E-state index contributed by atoms with van der Waals surface area (Å²) < 4.78 is 71.0. The molecule has 1 aliphatic carbocycles. The first-order valence-electron chi connectivity index (χ1n) is 10.6. The third-order valence-electron chi connectivity index (χ3n) is 6.61. The molecule has 0 bridgehead atoms. The molecular weight excluding hydrogens is 467 g/mol. The van der Waals surface area contributed by atoms with Crippen LogP contribution in [0.1, 0.15) is 29.8 Å². The van der Waals surface area contributed by atoms with Gasteiger partial charge in [-0.15, -0.1) is 0 Å². The number of halogens is 3. The lowest BCUT2D eigenvalue weighted by molar-refractivity contribution is -0.0507. The van der Waals surface area contributed by atoms with Crippen LogP contribution in [0, 0.1) is 11.7 Å². The van der Waals surface area contributed by atoms with Crippen molar-refractivity contribution < 1.29 is 26.3 Å². The van der Waals surface area contributed by atoms with Crippen LogP contribution in [0.25, 0.3) is 22.2 Å². The summed E-state index contributed by atoms with van der Waals surface area (Å²) >= 11 is 0. The van der Waals surface area contributed by atoms with Crippen LogP contribution in [-0.4, -0.2) is 24.6 Å². The molecule has 2 heterocycles. The highest BCUT2D eigenvalue weighted by molar-refractivity contribution is 7.89. The van der Waals surface area contributed by atoms with Gasteiger partial charge in [0.15, 0.2) is 0 Å². The van der Waals surface area contributed by atoms with Gasteiger partial charge in [0.05, 0.1) is 22.0 Å². The molecule has 174 valence electrons. The monoisotopic (exact) mass is 485 g/mol. The van der Waals surface area contributed by atoms with E-state index in [9.17, 15) is 17.2 Å². The first-order chi connectivity index (χ1) is 16.2. The summed E-state index contributed by atoms with van der Waals surface area (Å²) in [4.78, 5) is 4.59. The molecule has 0 amide bonds. The highest BCUT2D eigenvalue weighted by Gasteiger charge is 2.55. The molecule has 10 heteroatoms. The molecule has 3 aromatic carbocycles. The van der Waals surface area contributed by atoms with Gasteiger partial charge in [-0.1, -0.05) is 30.3 Å². The third-order valence-corrected chi connectivity index (χ3v) is 7.54. The smallest absolute Gasteiger partial charge is 0.387 e. The molecule has 0 saturated heterocycles. The molecule has 3 atom stereocenters. The summed E-state index contributed by atoms with van der Waals surface area (Å²) in [6, 6.07) is 15.1. The van der Waals surface area contributed by atoms with Gasteiger partial charge in [0, 0.05) is 23.1 Å². The van der Waals surface area contributed by atoms with Gasteiger partial charge < -0.3 is 9.30 Å². The van der Waals surface area contributed by atoms with Crippen molar-refractivity contribution in [2.45, 2.75) is 29.9 Å². The fourth-order valence-electron chi connectivity index (χ4n) is 5.08. The minimum atomic E-state index is -3.87. The Labute approximate surface area is 192 Å². The highest BCUT2D eigenvalue weighted by atomic mass is 32.2. The molecular formula is C24H18F3N3O3S. The van der Waals surface area contributed by atoms with Crippen molar-refractivity contribution in [3.05, 3.63) is 77.9 Å². The number of hydrogen-bond acceptors (Lipinski definition) is 4. The minimum Gasteiger partial charge on any atom is -0.434 e. The number of ether oxygens (including phenoxy) is 1. The van der Waals surface area contributed by atoms with E-state index in [1.807, 2.05) is 4.57 Å². The zero-order chi connectivity index (χ0) is 23.8. The summed E-state index contributed by atoms with van der Waals surface area (Å²) in [6.45, 7) is -2.95. The second-order valence-electron chi connectivity index (χ2n) is 8.60. The zero-order valence-corrected chi connectivity index (χ0v) is 18.3. The van der Waals surface area contributed by atoms with E-state index in [0.717, 1.165) is 12.2 Å². The second-order valence-corrected chi connectivity index (χ2v) is 10.2. The number of aromatic nitrogens is 2. The molecule has 0 unspecified atom stereocenters. The number of para-hydroxylation sites is 1. The Morgan fingerprint density at radius 2 is 1.82 bits per heavy atom. The van der Waals surface area contributed by atoms with Gasteiger partial charge in [-0.05, 0) is 42.2 Å². The Morgan fingerprint density at radius 1 is 1.09 bits per heavy atom. The molecule has 6 nitrogen and oxygen atoms in total. The number of sulfonamides is 1. The van der Waals surface area contributed by atoms with E-state index < -0.39 is 22.5 Å². The second kappa shape index (κ2) is 7.31. The van der Waals surface area contributed by atoms with Gasteiger partial charge in [-0.2, -0.15) is 8.78 Å². The molecule has 6 rings (SSSR count). The quantitative estimate of drug-likeness (QED) is 0.440. The first-order valence-corrected chi connectivity index (χ1v) is 12.2. The number of hydrogen-bond donors (Lipinski definition) is 1. The highest BCUT2D eigenvalue weighted by Crippen LogP contribution is 2.63. The van der Waals surface area contributed by atoms with E-state index in [1.54, 1.807) is 24.3 Å². The van der Waals surface area contributed by atoms with E-state index in [4.69, 9.17) is 9.88 Å². The molecule has 0 radical (unpaired) electrons. The van der Waals surface area contributed by atoms with E-state index in [2.05, 4.69) is 4.98 Å². The van der Waals surface area contributed by atoms with Crippen LogP contribution >= 0.6 is 0 Å². The standard InChI is InChI=1S/C24H18F3N3O3S/c25-18-11-19-20(10-15(18)12-5-7-13(8-6-12)34(28,31)32)30-22(16-9-17(16)23(30)29-19)14-3-1-2-4-21(14)33-24(26)27/h1-8,10-11,16-17,22,24H,9H2,(H2,28,31,32)/t16-,17+,22-/m0/s1. The number of imidazole rings is 1. The summed E-state index contributed by atoms with van der Waals surface area (Å²) in [5.41, 5.74) is 2.53. The van der Waals surface area contributed by atoms with Crippen molar-refractivity contribution in [1.29, 1.82) is 0 Å². The van der Waals surface area contributed by atoms with Crippen molar-refractivity contribution in [2.75, 3.05) is 0 Å². The maximum absolute atomic E-state index is 15.0. The van der Waals surface area contributed by atoms with Gasteiger partial charge in [-0.3, -0.25) is 0 Å². The van der Waals surface area contributed by atoms with Crippen LogP contribution in [0.4, 0.5) is 13.2 Å². The minimum absolute atomic E-state index is 0.0706. The number of benzene rings is 3. The van der Waals surface area contributed by atoms with E-state index in [-0.39, 0.29) is 34.1 Å². The lowest BCUT2D eigenvalue weighted by Crippen LogP contribution is -2.13. The number of nitrogens with zero attached hydrogens (tertiary/aromatic N) is 2. The number of primary sulfonamides is 1. The van der Waals surface area contributed by atoms with Crippen LogP contribution in [0.5, 0.6) is 5.75 Å². The van der Waals surface area contributed by atoms with Crippen LogP contribution < -0.4 is 9.88 Å². The van der Waals surface area contributed by atoms with E-state index in [1.165, 1.54) is 36.4 Å². The van der Waals surface area contributed by atoms with Crippen molar-refractivity contribution in [1.82, 2.24) is 9.55 Å². The van der Waals surface area contributed by atoms with Crippen LogP contribution in [0.3, 0.4) is 0 Å². The van der Waals surface area contributed by atoms with E-state index >= 15 is 4.39 Å². The molecule has 4 aromatic rings. The molecule has 1 fully saturated rings. The average molecular weight is 485 g/mol. The topological polar surface area (TPSA) is 87.2 Å². The Kier molecular flexibility index (Phi) is 4.56. The lowest BCUT2D eigenvalue weighted by atomic mass is 10.0. The number of nitrogens with two attached hydrogens (primary N) is 1. The van der Waals surface area contributed by atoms with Gasteiger partial charge in [-0.25, -0.2) is 22.9 Å². The molecule has 1 aromatic heterocycles. The number of fused-ring (bicyclic) bond motifs is 5. The van der Waals surface area contributed by atoms with Crippen molar-refractivity contribution in [2.24, 2.45) is 11.1 Å². The van der Waals surface area contributed by atoms with Gasteiger partial charge in [0.1, 0.15) is 17.4 Å². The van der Waals surface area contributed by atoms with Crippen LogP contribution in [-0.2, 0) is 10.0 Å². The number of rotatable bonds is 5. The summed E-state index contributed by atoms with van der Waals surface area (Å²) in [6.07, 6.45) is 0.876. The predicted octanol–water partition coefficient (Wildman–Crippen LogP) is 4.80. The fourth-order valence-corrected chi connectivity index (χ4v) is 5.60. The predicted molar refractivity (Wildman–Crippen MR) is 119 cm³/mol. The van der Waals surface area contributed by atoms with Crippen molar-refractivity contribution in [3.8, 4) is 16.9 Å². The summed E-state index contributed by atoms with van der Waals surface area (Å²) in [7, 11) is -3.87. The summed E-state index contributed by atoms with van der Waals surface area (Å²) in [5.74, 6) is 0.800. The SMILES string of the molecule is NS(=O)(=O)c1ccc(-c2cc3c(cc2F)nc2n3[C@@H](c3ccccc3OC(F)F)[C@H]3C[C@@H]23)cc1. The summed E-state index contributed by atoms with van der Waals surface area (Å²) in [5, 5.41) is 5.16. The van der Waals surface area contributed by atoms with Crippen LogP contribution in [0.2, 0.25) is 0 Å². The Balaban J connectivity index is 1.50. The molecule has 34 heavy (non-hydrogen) atoms. The zero-order valence-electron chi connectivity index (χ0n) is 17.5. The molecule has 1 aliphatic heterocycles. The Bertz CT molecular complexity index is 1550. The maximum atomic E-state index is 15.0. The first kappa shape index (κ1) is 21.2. The molecule has 1 saturated carbocycles. The third kappa shape index (κ3) is 3.28. The van der Waals surface area contributed by atoms with Gasteiger partial charge in [0.2, 0.25) is 10.0 Å². The maximum Gasteiger partial charge on any atom is 0.387 e. The van der Waals surface area contributed by atoms with Crippen LogP contribution in [0.15, 0.2) is 65.6 Å². The normalized spacial score (nSPS) is 21.0. The number of alkyl halides is 2. The largest absolute Gasteiger partial charge is 0.434 e. The van der Waals surface area contributed by atoms with Crippen molar-refractivity contribution in [3.63, 3.8) is 0 Å². The Hall–Kier alpha value is -3.37. The molecule has 2 N–H and O–H groups in total.